The van der Waals surface area contributed by atoms with Crippen molar-refractivity contribution >= 4 is 23.4 Å². The number of hydrogen-bond donors (Lipinski definition) is 2. The van der Waals surface area contributed by atoms with Crippen LogP contribution in [0.5, 0.6) is 0 Å². The van der Waals surface area contributed by atoms with Gasteiger partial charge in [0.2, 0.25) is 0 Å². The van der Waals surface area contributed by atoms with Crippen LogP contribution in [0.4, 0.5) is 10.5 Å². The van der Waals surface area contributed by atoms with Gasteiger partial charge in [0, 0.05) is 24.2 Å². The van der Waals surface area contributed by atoms with Gasteiger partial charge < -0.3 is 19.3 Å². The summed E-state index contributed by atoms with van der Waals surface area (Å²) in [7, 11) is 0. The molecule has 2 N–H and O–H groups in total. The van der Waals surface area contributed by atoms with Crippen LogP contribution in [0.1, 0.15) is 29.2 Å². The van der Waals surface area contributed by atoms with Crippen molar-refractivity contribution in [2.24, 2.45) is 0 Å². The number of aromatic amines is 1. The van der Waals surface area contributed by atoms with Gasteiger partial charge in [-0.1, -0.05) is 18.2 Å². The molecule has 12 nitrogen and oxygen atoms in total. The molecule has 0 amide bonds. The summed E-state index contributed by atoms with van der Waals surface area (Å²) in [5, 5.41) is 19.7. The molecule has 0 saturated carbocycles. The number of aryl methyl sites for hydroxylation is 1. The van der Waals surface area contributed by atoms with Gasteiger partial charge in [0.05, 0.1) is 22.5 Å². The van der Waals surface area contributed by atoms with E-state index in [1.807, 2.05) is 0 Å². The highest BCUT2D eigenvalue weighted by atomic mass is 35.5. The summed E-state index contributed by atoms with van der Waals surface area (Å²) in [5.41, 5.74) is -0.995. The predicted molar refractivity (Wildman–Crippen MR) is 110 cm³/mol. The molecule has 0 aliphatic carbocycles. The molecule has 1 aliphatic rings. The quantitative estimate of drug-likeness (QED) is 0.265. The number of benzene rings is 1. The first-order chi connectivity index (χ1) is 15.2. The fourth-order valence-corrected chi connectivity index (χ4v) is 3.51. The van der Waals surface area contributed by atoms with E-state index in [0.29, 0.717) is 0 Å². The number of alkyl halides is 1. The minimum atomic E-state index is -1.12. The summed E-state index contributed by atoms with van der Waals surface area (Å²) >= 11 is 6.15. The Kier molecular flexibility index (Phi) is 7.28. The number of para-hydroxylation sites is 1. The Morgan fingerprint density at radius 1 is 1.44 bits per heavy atom. The highest BCUT2D eigenvalue weighted by Gasteiger charge is 2.39. The lowest BCUT2D eigenvalue weighted by Gasteiger charge is -2.17. The number of aliphatic hydroxyl groups is 1. The molecule has 32 heavy (non-hydrogen) atoms. The van der Waals surface area contributed by atoms with Crippen molar-refractivity contribution in [3.63, 3.8) is 0 Å². The number of halogens is 1. The van der Waals surface area contributed by atoms with Crippen LogP contribution in [-0.2, 0) is 14.2 Å². The number of nitrogens with one attached hydrogen (secondary N) is 1. The van der Waals surface area contributed by atoms with Crippen LogP contribution in [0, 0.1) is 17.0 Å². The summed E-state index contributed by atoms with van der Waals surface area (Å²) in [5.74, 6) is 0. The molecule has 1 unspecified atom stereocenters. The first kappa shape index (κ1) is 23.4. The lowest BCUT2D eigenvalue weighted by atomic mass is 10.1. The highest BCUT2D eigenvalue weighted by Crippen LogP contribution is 2.31. The van der Waals surface area contributed by atoms with Gasteiger partial charge in [-0.05, 0) is 6.92 Å². The maximum absolute atomic E-state index is 12.1. The molecule has 0 radical (unpaired) electrons. The number of nitro benzene ring substituents is 1. The molecule has 0 spiro atoms. The summed E-state index contributed by atoms with van der Waals surface area (Å²) in [6, 6.07) is 5.79. The number of carbonyl (C=O) groups is 1. The Hall–Kier alpha value is -3.22. The Bertz CT molecular complexity index is 1120. The van der Waals surface area contributed by atoms with Gasteiger partial charge in [-0.2, -0.15) is 0 Å². The van der Waals surface area contributed by atoms with Gasteiger partial charge >= 0.3 is 11.8 Å². The summed E-state index contributed by atoms with van der Waals surface area (Å²) < 4.78 is 16.9. The largest absolute Gasteiger partial charge is 0.508 e. The fraction of sp³-hybridized carbons (Fsp3) is 0.421. The molecule has 2 heterocycles. The van der Waals surface area contributed by atoms with E-state index in [2.05, 4.69) is 4.98 Å². The van der Waals surface area contributed by atoms with Gasteiger partial charge in [0.15, 0.2) is 0 Å². The normalized spacial score (nSPS) is 21.2. The number of rotatable bonds is 7. The molecule has 4 atom stereocenters. The van der Waals surface area contributed by atoms with Gasteiger partial charge in [-0.15, -0.1) is 11.6 Å². The fourth-order valence-electron chi connectivity index (χ4n) is 3.27. The zero-order chi connectivity index (χ0) is 23.4. The van der Waals surface area contributed by atoms with Crippen molar-refractivity contribution < 1.29 is 29.0 Å². The predicted octanol–water partition coefficient (Wildman–Crippen LogP) is 1.53. The zero-order valence-corrected chi connectivity index (χ0v) is 17.6. The number of hydrogen-bond acceptors (Lipinski definition) is 9. The lowest BCUT2D eigenvalue weighted by Crippen LogP contribution is -2.33. The molecular formula is C19H20ClN3O9. The smallest absolute Gasteiger partial charge is 0.432 e. The van der Waals surface area contributed by atoms with E-state index in [0.717, 1.165) is 4.57 Å². The van der Waals surface area contributed by atoms with Crippen LogP contribution in [-0.4, -0.2) is 51.2 Å². The summed E-state index contributed by atoms with van der Waals surface area (Å²) in [6.07, 6.45) is -2.57. The molecule has 172 valence electrons. The Balaban J connectivity index is 1.62. The number of H-pyrrole nitrogens is 1. The van der Waals surface area contributed by atoms with E-state index in [1.54, 1.807) is 6.07 Å². The molecule has 1 aliphatic heterocycles. The van der Waals surface area contributed by atoms with Crippen molar-refractivity contribution in [1.82, 2.24) is 9.55 Å². The molecule has 3 rings (SSSR count). The van der Waals surface area contributed by atoms with Gasteiger partial charge in [0.1, 0.15) is 25.0 Å². The third-order valence-corrected chi connectivity index (χ3v) is 5.24. The Morgan fingerprint density at radius 3 is 2.84 bits per heavy atom. The average Bonchev–Trinajstić information content (AvgIpc) is 3.16. The van der Waals surface area contributed by atoms with E-state index >= 15 is 0 Å². The van der Waals surface area contributed by atoms with Crippen LogP contribution in [0.15, 0.2) is 40.1 Å². The van der Waals surface area contributed by atoms with E-state index in [9.17, 15) is 29.6 Å². The molecule has 1 aromatic carbocycles. The summed E-state index contributed by atoms with van der Waals surface area (Å²) in [4.78, 5) is 48.4. The van der Waals surface area contributed by atoms with Crippen LogP contribution in [0.3, 0.4) is 0 Å². The van der Waals surface area contributed by atoms with Crippen LogP contribution in [0.2, 0.25) is 0 Å². The molecule has 13 heteroatoms. The van der Waals surface area contributed by atoms with Crippen molar-refractivity contribution in [3.05, 3.63) is 72.5 Å². The molecular weight excluding hydrogens is 450 g/mol. The third-order valence-electron chi connectivity index (χ3n) is 4.88. The van der Waals surface area contributed by atoms with Crippen LogP contribution >= 0.6 is 11.6 Å². The zero-order valence-electron chi connectivity index (χ0n) is 16.8. The maximum Gasteiger partial charge on any atom is 0.508 e. The molecule has 1 fully saturated rings. The van der Waals surface area contributed by atoms with Crippen molar-refractivity contribution in [3.8, 4) is 0 Å². The second-order valence-corrected chi connectivity index (χ2v) is 7.55. The Morgan fingerprint density at radius 2 is 2.16 bits per heavy atom. The number of nitro groups is 1. The monoisotopic (exact) mass is 469 g/mol. The van der Waals surface area contributed by atoms with E-state index < -0.39 is 59.4 Å². The second kappa shape index (κ2) is 9.94. The number of aliphatic hydroxyl groups excluding tert-OH is 1. The first-order valence-electron chi connectivity index (χ1n) is 9.50. The third kappa shape index (κ3) is 5.15. The minimum Gasteiger partial charge on any atom is -0.432 e. The number of ether oxygens (including phenoxy) is 3. The van der Waals surface area contributed by atoms with Crippen molar-refractivity contribution in [2.45, 2.75) is 37.2 Å². The minimum absolute atomic E-state index is 0.0141. The topological polar surface area (TPSA) is 163 Å². The number of carbonyl (C=O) groups excluding carboxylic acids is 1. The van der Waals surface area contributed by atoms with Crippen molar-refractivity contribution in [2.75, 3.05) is 13.2 Å². The molecule has 1 aromatic heterocycles. The van der Waals surface area contributed by atoms with E-state index in [1.165, 1.54) is 31.3 Å². The second-order valence-electron chi connectivity index (χ2n) is 7.03. The SMILES string of the molecule is Cc1cn([C@H]2C[C@H](OC(=O)OCC(Cl)c3ccccc3[N+](=O)[O-])[C@@H](CO)O2)c(=O)[nH]c1=O. The first-order valence-corrected chi connectivity index (χ1v) is 9.94. The molecule has 0 bridgehead atoms. The van der Waals surface area contributed by atoms with Gasteiger partial charge in [-0.25, -0.2) is 9.59 Å². The average molecular weight is 470 g/mol. The van der Waals surface area contributed by atoms with Crippen LogP contribution in [0.25, 0.3) is 0 Å². The Labute approximate surface area is 185 Å². The van der Waals surface area contributed by atoms with E-state index in [-0.39, 0.29) is 23.2 Å². The highest BCUT2D eigenvalue weighted by molar-refractivity contribution is 6.21. The lowest BCUT2D eigenvalue weighted by molar-refractivity contribution is -0.385. The summed E-state index contributed by atoms with van der Waals surface area (Å²) in [6.45, 7) is 0.614. The van der Waals surface area contributed by atoms with Crippen LogP contribution < -0.4 is 11.2 Å². The van der Waals surface area contributed by atoms with Gasteiger partial charge in [-0.3, -0.25) is 24.5 Å². The van der Waals surface area contributed by atoms with E-state index in [4.69, 9.17) is 25.8 Å². The van der Waals surface area contributed by atoms with Gasteiger partial charge in [0.25, 0.3) is 11.2 Å². The molecule has 1 saturated heterocycles. The van der Waals surface area contributed by atoms with Crippen molar-refractivity contribution in [1.29, 1.82) is 0 Å². The standard InChI is InChI=1S/C19H20ClN3O9/c1-10-7-22(18(26)21-17(10)25)16-6-14(15(8-24)31-16)32-19(27)30-9-12(20)11-4-2-3-5-13(11)23(28)29/h2-5,7,12,14-16,24H,6,8-9H2,1H3,(H,21,25,26)/t12?,14-,15+,16+/m0/s1. The molecule has 2 aromatic rings. The number of nitrogens with zero attached hydrogens (tertiary/aromatic N) is 2. The maximum atomic E-state index is 12.1. The number of aromatic nitrogens is 2.